The van der Waals surface area contributed by atoms with Gasteiger partial charge in [-0.2, -0.15) is 0 Å². The Labute approximate surface area is 137 Å². The molecule has 1 saturated heterocycles. The number of carbonyl (C=O) groups is 1. The molecule has 5 heteroatoms. The molecular formula is C18H26N4O. The molecule has 3 rings (SSSR count). The highest BCUT2D eigenvalue weighted by Crippen LogP contribution is 2.20. The van der Waals surface area contributed by atoms with Gasteiger partial charge in [-0.15, -0.1) is 0 Å². The van der Waals surface area contributed by atoms with Crippen LogP contribution in [0.3, 0.4) is 0 Å². The summed E-state index contributed by atoms with van der Waals surface area (Å²) in [5.74, 6) is 0.0905. The van der Waals surface area contributed by atoms with E-state index in [1.807, 2.05) is 41.6 Å². The predicted octanol–water partition coefficient (Wildman–Crippen LogP) is 2.37. The maximum absolute atomic E-state index is 13.1. The Balaban J connectivity index is 1.93. The molecule has 0 N–H and O–H groups in total. The molecule has 0 bridgehead atoms. The lowest BCUT2D eigenvalue weighted by Crippen LogP contribution is -2.44. The highest BCUT2D eigenvalue weighted by Gasteiger charge is 2.28. The summed E-state index contributed by atoms with van der Waals surface area (Å²) in [6.07, 6.45) is 4.81. The first-order valence-corrected chi connectivity index (χ1v) is 8.44. The van der Waals surface area contributed by atoms with Crippen LogP contribution in [-0.2, 0) is 6.42 Å². The van der Waals surface area contributed by atoms with E-state index in [0.717, 1.165) is 55.0 Å². The number of aromatic nitrogens is 2. The van der Waals surface area contributed by atoms with E-state index in [4.69, 9.17) is 0 Å². The summed E-state index contributed by atoms with van der Waals surface area (Å²) in [6.45, 7) is 6.21. The molecule has 0 atom stereocenters. The second-order valence-electron chi connectivity index (χ2n) is 6.64. The molecule has 5 nitrogen and oxygen atoms in total. The van der Waals surface area contributed by atoms with Gasteiger partial charge < -0.3 is 9.80 Å². The first kappa shape index (κ1) is 16.0. The van der Waals surface area contributed by atoms with Gasteiger partial charge in [0.25, 0.3) is 5.91 Å². The normalized spacial score (nSPS) is 16.9. The number of pyridine rings is 1. The number of hydrogen-bond acceptors (Lipinski definition) is 3. The van der Waals surface area contributed by atoms with Crippen LogP contribution in [0, 0.1) is 6.92 Å². The van der Waals surface area contributed by atoms with Crippen LogP contribution >= 0.6 is 0 Å². The Morgan fingerprint density at radius 3 is 2.74 bits per heavy atom. The predicted molar refractivity (Wildman–Crippen MR) is 91.9 cm³/mol. The number of carbonyl (C=O) groups excluding carboxylic acids is 1. The summed E-state index contributed by atoms with van der Waals surface area (Å²) >= 11 is 0. The molecule has 3 heterocycles. The molecule has 23 heavy (non-hydrogen) atoms. The molecule has 0 aliphatic carbocycles. The summed E-state index contributed by atoms with van der Waals surface area (Å²) in [6, 6.07) is 4.38. The number of imidazole rings is 1. The van der Waals surface area contributed by atoms with Crippen molar-refractivity contribution in [1.29, 1.82) is 0 Å². The zero-order valence-electron chi connectivity index (χ0n) is 14.5. The maximum atomic E-state index is 13.1. The molecular weight excluding hydrogens is 288 g/mol. The fourth-order valence-electron chi connectivity index (χ4n) is 3.38. The summed E-state index contributed by atoms with van der Waals surface area (Å²) in [5.41, 5.74) is 3.64. The van der Waals surface area contributed by atoms with Gasteiger partial charge in [0.2, 0.25) is 0 Å². The minimum absolute atomic E-state index is 0.0905. The number of nitrogens with zero attached hydrogens (tertiary/aromatic N) is 4. The molecule has 2 aromatic heterocycles. The fraction of sp³-hybridized carbons (Fsp3) is 0.556. The summed E-state index contributed by atoms with van der Waals surface area (Å²) in [5, 5.41) is 0. The molecule has 0 radical (unpaired) electrons. The Morgan fingerprint density at radius 2 is 2.09 bits per heavy atom. The van der Waals surface area contributed by atoms with Gasteiger partial charge in [-0.05, 0) is 64.0 Å². The van der Waals surface area contributed by atoms with Gasteiger partial charge in [-0.3, -0.25) is 9.20 Å². The van der Waals surface area contributed by atoms with Crippen LogP contribution in [0.25, 0.3) is 5.65 Å². The molecule has 2 aromatic rings. The average Bonchev–Trinajstić information content (AvgIpc) is 2.91. The Bertz CT molecular complexity index is 713. The molecule has 124 valence electrons. The van der Waals surface area contributed by atoms with Gasteiger partial charge in [0.05, 0.1) is 5.69 Å². The second kappa shape index (κ2) is 6.32. The van der Waals surface area contributed by atoms with Crippen LogP contribution in [0.15, 0.2) is 18.3 Å². The quantitative estimate of drug-likeness (QED) is 0.873. The van der Waals surface area contributed by atoms with E-state index >= 15 is 0 Å². The van der Waals surface area contributed by atoms with Gasteiger partial charge in [-0.1, -0.05) is 6.92 Å². The smallest absolute Gasteiger partial charge is 0.272 e. The fourth-order valence-corrected chi connectivity index (χ4v) is 3.38. The van der Waals surface area contributed by atoms with Crippen molar-refractivity contribution in [1.82, 2.24) is 19.2 Å². The second-order valence-corrected chi connectivity index (χ2v) is 6.64. The van der Waals surface area contributed by atoms with Crippen molar-refractivity contribution >= 4 is 11.6 Å². The van der Waals surface area contributed by atoms with E-state index in [0.29, 0.717) is 6.04 Å². The summed E-state index contributed by atoms with van der Waals surface area (Å²) < 4.78 is 1.94. The van der Waals surface area contributed by atoms with Gasteiger partial charge in [0, 0.05) is 19.3 Å². The zero-order valence-corrected chi connectivity index (χ0v) is 14.5. The largest absolute Gasteiger partial charge is 0.337 e. The lowest BCUT2D eigenvalue weighted by atomic mass is 10.0. The van der Waals surface area contributed by atoms with Crippen LogP contribution in [-0.4, -0.2) is 58.3 Å². The van der Waals surface area contributed by atoms with Gasteiger partial charge in [0.15, 0.2) is 0 Å². The number of amides is 1. The van der Waals surface area contributed by atoms with Crippen molar-refractivity contribution in [2.45, 2.75) is 39.2 Å². The van der Waals surface area contributed by atoms with Crippen molar-refractivity contribution in [3.05, 3.63) is 35.3 Å². The zero-order chi connectivity index (χ0) is 16.6. The highest BCUT2D eigenvalue weighted by atomic mass is 16.2. The Morgan fingerprint density at radius 1 is 1.39 bits per heavy atom. The third-order valence-electron chi connectivity index (χ3n) is 4.95. The SMILES string of the molecule is CCc1nc2cc(C)ccn2c1C(=O)N(C)C1CCN(C)CC1. The number of hydrogen-bond donors (Lipinski definition) is 0. The van der Waals surface area contributed by atoms with Crippen LogP contribution in [0.4, 0.5) is 0 Å². The number of fused-ring (bicyclic) bond motifs is 1. The van der Waals surface area contributed by atoms with E-state index < -0.39 is 0 Å². The van der Waals surface area contributed by atoms with Crippen molar-refractivity contribution in [3.63, 3.8) is 0 Å². The summed E-state index contributed by atoms with van der Waals surface area (Å²) in [4.78, 5) is 22.0. The van der Waals surface area contributed by atoms with E-state index in [9.17, 15) is 4.79 Å². The standard InChI is InChI=1S/C18H26N4O/c1-5-15-17(22-11-6-13(2)12-16(22)19-15)18(23)21(4)14-7-9-20(3)10-8-14/h6,11-12,14H,5,7-10H2,1-4H3. The van der Waals surface area contributed by atoms with Crippen molar-refractivity contribution in [3.8, 4) is 0 Å². The molecule has 0 unspecified atom stereocenters. The van der Waals surface area contributed by atoms with Gasteiger partial charge >= 0.3 is 0 Å². The van der Waals surface area contributed by atoms with E-state index in [1.165, 1.54) is 0 Å². The monoisotopic (exact) mass is 314 g/mol. The van der Waals surface area contributed by atoms with Crippen LogP contribution in [0.5, 0.6) is 0 Å². The van der Waals surface area contributed by atoms with Crippen LogP contribution < -0.4 is 0 Å². The number of rotatable bonds is 3. The van der Waals surface area contributed by atoms with E-state index in [2.05, 4.69) is 23.9 Å². The first-order valence-electron chi connectivity index (χ1n) is 8.44. The number of aryl methyl sites for hydroxylation is 2. The van der Waals surface area contributed by atoms with E-state index in [-0.39, 0.29) is 5.91 Å². The molecule has 0 saturated carbocycles. The lowest BCUT2D eigenvalue weighted by molar-refractivity contribution is 0.0651. The average molecular weight is 314 g/mol. The molecule has 0 aromatic carbocycles. The highest BCUT2D eigenvalue weighted by molar-refractivity contribution is 5.94. The third-order valence-corrected chi connectivity index (χ3v) is 4.95. The lowest BCUT2D eigenvalue weighted by Gasteiger charge is -2.35. The molecule has 1 amide bonds. The number of likely N-dealkylation sites (tertiary alicyclic amines) is 1. The van der Waals surface area contributed by atoms with Gasteiger partial charge in [-0.25, -0.2) is 4.98 Å². The summed E-state index contributed by atoms with van der Waals surface area (Å²) in [7, 11) is 4.07. The minimum Gasteiger partial charge on any atom is -0.337 e. The van der Waals surface area contributed by atoms with Crippen LogP contribution in [0.2, 0.25) is 0 Å². The molecule has 1 aliphatic rings. The molecule has 1 fully saturated rings. The van der Waals surface area contributed by atoms with Crippen molar-refractivity contribution in [2.24, 2.45) is 0 Å². The Kier molecular flexibility index (Phi) is 4.39. The van der Waals surface area contributed by atoms with E-state index in [1.54, 1.807) is 0 Å². The van der Waals surface area contributed by atoms with Crippen molar-refractivity contribution in [2.75, 3.05) is 27.2 Å². The van der Waals surface area contributed by atoms with Crippen molar-refractivity contribution < 1.29 is 4.79 Å². The first-order chi connectivity index (χ1) is 11.0. The number of piperidine rings is 1. The topological polar surface area (TPSA) is 40.9 Å². The Hall–Kier alpha value is -1.88. The molecule has 0 spiro atoms. The maximum Gasteiger partial charge on any atom is 0.272 e. The third kappa shape index (κ3) is 2.98. The minimum atomic E-state index is 0.0905. The van der Waals surface area contributed by atoms with Gasteiger partial charge in [0.1, 0.15) is 11.3 Å². The van der Waals surface area contributed by atoms with Crippen LogP contribution in [0.1, 0.15) is 41.5 Å². The molecule has 1 aliphatic heterocycles.